The minimum absolute atomic E-state index is 0. The predicted octanol–water partition coefficient (Wildman–Crippen LogP) is -0.0440. The molecule has 0 aromatic carbocycles. The zero-order valence-corrected chi connectivity index (χ0v) is 15.0. The number of rotatable bonds is 3. The molecular weight excluding hydrogens is 349 g/mol. The van der Waals surface area contributed by atoms with Crippen molar-refractivity contribution in [1.82, 2.24) is 19.5 Å². The summed E-state index contributed by atoms with van der Waals surface area (Å²) in [5, 5.41) is 9.10. The Morgan fingerprint density at radius 1 is 1.29 bits per heavy atom. The van der Waals surface area contributed by atoms with E-state index in [1.807, 2.05) is 18.4 Å². The van der Waals surface area contributed by atoms with Gasteiger partial charge in [0.1, 0.15) is 0 Å². The Bertz CT molecular complexity index is 604. The molecule has 1 radical (unpaired) electrons. The molecule has 0 bridgehead atoms. The van der Waals surface area contributed by atoms with E-state index in [1.165, 1.54) is 0 Å². The number of nitrogens with zero attached hydrogens (tertiary/aromatic N) is 4. The van der Waals surface area contributed by atoms with E-state index in [0.717, 1.165) is 35.5 Å². The average Bonchev–Trinajstić information content (AvgIpc) is 2.97. The van der Waals surface area contributed by atoms with Crippen LogP contribution in [0.25, 0.3) is 11.2 Å². The molecule has 8 heteroatoms. The van der Waals surface area contributed by atoms with E-state index in [9.17, 15) is 0 Å². The number of fused-ring (bicyclic) bond motifs is 1. The molecule has 3 N–H and O–H groups in total. The van der Waals surface area contributed by atoms with Gasteiger partial charge >= 0.3 is 0 Å². The van der Waals surface area contributed by atoms with E-state index in [2.05, 4.69) is 21.3 Å². The van der Waals surface area contributed by atoms with Gasteiger partial charge < -0.3 is 29.9 Å². The van der Waals surface area contributed by atoms with Crippen LogP contribution in [0.4, 0.5) is 0 Å². The summed E-state index contributed by atoms with van der Waals surface area (Å²) < 4.78 is 7.81. The van der Waals surface area contributed by atoms with Crippen molar-refractivity contribution >= 4 is 11.2 Å². The van der Waals surface area contributed by atoms with Gasteiger partial charge in [-0.2, -0.15) is 0 Å². The summed E-state index contributed by atoms with van der Waals surface area (Å²) in [4.78, 5) is 12.8. The maximum Gasteiger partial charge on any atom is 0.0940 e. The number of hydrogen-bond donors (Lipinski definition) is 1. The molecule has 3 rings (SSSR count). The minimum atomic E-state index is -0.0250. The maximum absolute atomic E-state index is 9.10. The fourth-order valence-corrected chi connectivity index (χ4v) is 2.58. The minimum Gasteiger partial charge on any atom is -0.412 e. The van der Waals surface area contributed by atoms with Crippen molar-refractivity contribution in [2.45, 2.75) is 45.4 Å². The maximum atomic E-state index is 9.10. The largest absolute Gasteiger partial charge is 0.412 e. The van der Waals surface area contributed by atoms with Crippen LogP contribution in [0.5, 0.6) is 0 Å². The molecule has 1 saturated heterocycles. The van der Waals surface area contributed by atoms with Crippen LogP contribution in [-0.4, -0.2) is 48.9 Å². The molecule has 0 saturated carbocycles. The van der Waals surface area contributed by atoms with Crippen molar-refractivity contribution < 1.29 is 48.0 Å². The molecular formula is C13H19N4O3Y-. The molecule has 3 heterocycles. The Labute approximate surface area is 148 Å². The molecule has 0 amide bonds. The molecule has 0 spiro atoms. The van der Waals surface area contributed by atoms with Crippen LogP contribution >= 0.6 is 0 Å². The first kappa shape index (κ1) is 18.6. The van der Waals surface area contributed by atoms with E-state index < -0.39 is 0 Å². The predicted molar refractivity (Wildman–Crippen MR) is 72.2 cm³/mol. The molecule has 21 heavy (non-hydrogen) atoms. The van der Waals surface area contributed by atoms with E-state index in [1.54, 1.807) is 0 Å². The third kappa shape index (κ3) is 3.66. The molecule has 1 aliphatic heterocycles. The van der Waals surface area contributed by atoms with Gasteiger partial charge in [-0.25, -0.2) is 0 Å². The Morgan fingerprint density at radius 3 is 2.67 bits per heavy atom. The Kier molecular flexibility index (Phi) is 6.81. The number of hydrogen-bond acceptors (Lipinski definition) is 5. The number of aryl methyl sites for hydroxylation is 2. The van der Waals surface area contributed by atoms with Crippen LogP contribution in [0.3, 0.4) is 0 Å². The second-order valence-corrected chi connectivity index (χ2v) is 4.99. The summed E-state index contributed by atoms with van der Waals surface area (Å²) in [5.74, 6) is 0.906. The Balaban J connectivity index is 0.00000110. The summed E-state index contributed by atoms with van der Waals surface area (Å²) in [6.45, 7) is 4.67. The third-order valence-corrected chi connectivity index (χ3v) is 3.63. The second-order valence-electron chi connectivity index (χ2n) is 4.99. The molecule has 113 valence electrons. The normalized spacial score (nSPS) is 21.1. The van der Waals surface area contributed by atoms with Gasteiger partial charge in [0, 0.05) is 56.7 Å². The number of ether oxygens (including phenoxy) is 1. The summed E-state index contributed by atoms with van der Waals surface area (Å²) in [6, 6.07) is 0. The number of imidazole rings is 1. The monoisotopic (exact) mass is 368 g/mol. The quantitative estimate of drug-likeness (QED) is 0.766. The van der Waals surface area contributed by atoms with Crippen LogP contribution in [0.2, 0.25) is 0 Å². The van der Waals surface area contributed by atoms with Crippen LogP contribution < -0.4 is 0 Å². The number of aliphatic hydroxyl groups excluding tert-OH is 1. The number of aromatic nitrogens is 4. The van der Waals surface area contributed by atoms with Crippen molar-refractivity contribution in [3.05, 3.63) is 17.8 Å². The van der Waals surface area contributed by atoms with Gasteiger partial charge in [-0.15, -0.1) is 0 Å². The first-order valence-electron chi connectivity index (χ1n) is 6.53. The third-order valence-electron chi connectivity index (χ3n) is 3.63. The molecule has 7 nitrogen and oxygen atoms in total. The van der Waals surface area contributed by atoms with Crippen molar-refractivity contribution in [2.75, 3.05) is 6.61 Å². The van der Waals surface area contributed by atoms with Crippen molar-refractivity contribution in [1.29, 1.82) is 0 Å². The fraction of sp³-hybridized carbons (Fsp3) is 0.615. The molecule has 1 fully saturated rings. The van der Waals surface area contributed by atoms with Crippen molar-refractivity contribution in [3.63, 3.8) is 0 Å². The fourth-order valence-electron chi connectivity index (χ4n) is 2.58. The van der Waals surface area contributed by atoms with Gasteiger partial charge in [0.15, 0.2) is 0 Å². The SMILES string of the molecule is Cc1n[c-]nc2c1nc(C)n2C[C@H]1CCC(CO)O1.O.[Y]. The molecule has 2 atom stereocenters. The summed E-state index contributed by atoms with van der Waals surface area (Å²) >= 11 is 0. The topological polar surface area (TPSA) is 105 Å². The van der Waals surface area contributed by atoms with Gasteiger partial charge in [-0.05, 0) is 25.5 Å². The zero-order valence-electron chi connectivity index (χ0n) is 12.2. The first-order valence-corrected chi connectivity index (χ1v) is 6.53. The van der Waals surface area contributed by atoms with Crippen LogP contribution in [0.1, 0.15) is 24.4 Å². The van der Waals surface area contributed by atoms with E-state index in [-0.39, 0.29) is 57.0 Å². The van der Waals surface area contributed by atoms with Gasteiger partial charge in [0.25, 0.3) is 0 Å². The van der Waals surface area contributed by atoms with Crippen molar-refractivity contribution in [3.8, 4) is 0 Å². The Morgan fingerprint density at radius 2 is 2.00 bits per heavy atom. The number of aliphatic hydroxyl groups is 1. The smallest absolute Gasteiger partial charge is 0.0940 e. The van der Waals surface area contributed by atoms with E-state index >= 15 is 0 Å². The van der Waals surface area contributed by atoms with Crippen LogP contribution in [0.15, 0.2) is 0 Å². The van der Waals surface area contributed by atoms with Crippen molar-refractivity contribution in [2.24, 2.45) is 0 Å². The first-order chi connectivity index (χ1) is 9.19. The average molecular weight is 368 g/mol. The van der Waals surface area contributed by atoms with E-state index in [0.29, 0.717) is 6.54 Å². The summed E-state index contributed by atoms with van der Waals surface area (Å²) in [6.07, 6.45) is 4.62. The molecule has 1 unspecified atom stereocenters. The van der Waals surface area contributed by atoms with Gasteiger partial charge in [0.05, 0.1) is 24.6 Å². The molecule has 0 aliphatic carbocycles. The molecule has 2 aromatic heterocycles. The standard InChI is InChI=1S/C13H17N4O2.H2O.Y/c1-8-12-13(15-7-14-8)17(9(2)16-12)5-10-3-4-11(6-18)19-10;;/h10-11,18H,3-6H2,1-2H3;1H2;/q-1;;/t10-,11?;;/m1../s1. The molecule has 1 aliphatic rings. The van der Waals surface area contributed by atoms with Crippen LogP contribution in [0, 0.1) is 20.2 Å². The second kappa shape index (κ2) is 7.69. The summed E-state index contributed by atoms with van der Waals surface area (Å²) in [7, 11) is 0. The van der Waals surface area contributed by atoms with Gasteiger partial charge in [-0.1, -0.05) is 6.92 Å². The van der Waals surface area contributed by atoms with Gasteiger partial charge in [-0.3, -0.25) is 4.98 Å². The summed E-state index contributed by atoms with van der Waals surface area (Å²) in [5.41, 5.74) is 2.47. The Hall–Kier alpha value is -0.466. The van der Waals surface area contributed by atoms with E-state index in [4.69, 9.17) is 9.84 Å². The van der Waals surface area contributed by atoms with Gasteiger partial charge in [0.2, 0.25) is 0 Å². The zero-order chi connectivity index (χ0) is 13.4. The molecule has 2 aromatic rings. The van der Waals surface area contributed by atoms with Crippen LogP contribution in [-0.2, 0) is 44.0 Å².